The quantitative estimate of drug-likeness (QED) is 0.400. The molecule has 0 bridgehead atoms. The van der Waals surface area contributed by atoms with Crippen LogP contribution in [0.15, 0.2) is 60.0 Å². The van der Waals surface area contributed by atoms with Crippen LogP contribution in [0.2, 0.25) is 5.02 Å². The van der Waals surface area contributed by atoms with Gasteiger partial charge in [-0.05, 0) is 48.1 Å². The molecule has 1 saturated heterocycles. The van der Waals surface area contributed by atoms with E-state index in [-0.39, 0.29) is 28.5 Å². The van der Waals surface area contributed by atoms with Crippen LogP contribution >= 0.6 is 22.9 Å². The van der Waals surface area contributed by atoms with Gasteiger partial charge in [0, 0.05) is 48.9 Å². The molecule has 1 aromatic heterocycles. The number of halogens is 1. The molecular formula is C25H25ClN4O3S. The lowest BCUT2D eigenvalue weighted by Gasteiger charge is -2.49. The van der Waals surface area contributed by atoms with Crippen molar-refractivity contribution in [2.45, 2.75) is 18.9 Å². The summed E-state index contributed by atoms with van der Waals surface area (Å²) in [5, 5.41) is 17.2. The maximum atomic E-state index is 13.4. The van der Waals surface area contributed by atoms with E-state index in [1.165, 1.54) is 4.88 Å². The van der Waals surface area contributed by atoms with E-state index < -0.39 is 0 Å². The molecule has 0 spiro atoms. The number of rotatable bonds is 6. The lowest BCUT2D eigenvalue weighted by atomic mass is 9.83. The number of fused-ring (bicyclic) bond motifs is 3. The number of thiophene rings is 1. The summed E-state index contributed by atoms with van der Waals surface area (Å²) < 4.78 is 0. The highest BCUT2D eigenvalue weighted by Crippen LogP contribution is 2.39. The molecule has 3 heterocycles. The molecule has 0 saturated carbocycles. The standard InChI is InChI=1S/C25H25ClN4O3S/c26-21-5-1-2-6-23(21)28-11-12-29-22-8-7-18(30(32)33)14-17(22)15-20(24(29)16-28)25(31)27-10-9-19-4-3-13-34-19/h1-8,13-14,20,24H,9-12,15-16H2,(H,27,31). The SMILES string of the molecule is O=C(NCCc1cccs1)C1Cc2cc([N+](=O)[O-])ccc2N2CCN(c3ccccc3Cl)CC12. The molecule has 2 aromatic carbocycles. The van der Waals surface area contributed by atoms with Crippen molar-refractivity contribution in [1.82, 2.24) is 5.32 Å². The summed E-state index contributed by atoms with van der Waals surface area (Å²) in [6, 6.07) is 16.8. The van der Waals surface area contributed by atoms with E-state index in [0.717, 1.165) is 29.9 Å². The van der Waals surface area contributed by atoms with Gasteiger partial charge in [-0.1, -0.05) is 29.8 Å². The van der Waals surface area contributed by atoms with Gasteiger partial charge >= 0.3 is 0 Å². The maximum Gasteiger partial charge on any atom is 0.269 e. The largest absolute Gasteiger partial charge is 0.366 e. The number of anilines is 2. The number of para-hydroxylation sites is 1. The van der Waals surface area contributed by atoms with Crippen molar-refractivity contribution < 1.29 is 9.72 Å². The van der Waals surface area contributed by atoms with Crippen LogP contribution in [0.5, 0.6) is 0 Å². The Hall–Kier alpha value is -3.10. The normalized spacial score (nSPS) is 19.3. The minimum Gasteiger partial charge on any atom is -0.366 e. The molecule has 1 amide bonds. The summed E-state index contributed by atoms with van der Waals surface area (Å²) >= 11 is 8.16. The molecule has 0 aliphatic carbocycles. The van der Waals surface area contributed by atoms with Crippen molar-refractivity contribution in [3.05, 3.63) is 85.6 Å². The van der Waals surface area contributed by atoms with Crippen molar-refractivity contribution in [2.75, 3.05) is 36.0 Å². The highest BCUT2D eigenvalue weighted by Gasteiger charge is 2.42. The first kappa shape index (κ1) is 22.7. The minimum absolute atomic E-state index is 0.00952. The van der Waals surface area contributed by atoms with Crippen LogP contribution in [0.25, 0.3) is 0 Å². The fourth-order valence-corrected chi connectivity index (χ4v) is 6.01. The van der Waals surface area contributed by atoms with E-state index in [9.17, 15) is 14.9 Å². The van der Waals surface area contributed by atoms with Crippen LogP contribution in [0.3, 0.4) is 0 Å². The van der Waals surface area contributed by atoms with Crippen LogP contribution in [-0.4, -0.2) is 43.1 Å². The van der Waals surface area contributed by atoms with Crippen molar-refractivity contribution in [3.63, 3.8) is 0 Å². The third-order valence-corrected chi connectivity index (χ3v) is 7.94. The summed E-state index contributed by atoms with van der Waals surface area (Å²) in [6.45, 7) is 2.69. The molecule has 2 unspecified atom stereocenters. The van der Waals surface area contributed by atoms with Gasteiger partial charge in [-0.25, -0.2) is 0 Å². The number of nitro benzene ring substituents is 1. The molecular weight excluding hydrogens is 472 g/mol. The second-order valence-corrected chi connectivity index (χ2v) is 10.1. The number of hydrogen-bond acceptors (Lipinski definition) is 6. The smallest absolute Gasteiger partial charge is 0.269 e. The fourth-order valence-electron chi connectivity index (χ4n) is 5.04. The van der Waals surface area contributed by atoms with Crippen molar-refractivity contribution >= 4 is 45.9 Å². The zero-order chi connectivity index (χ0) is 23.7. The molecule has 3 aromatic rings. The fraction of sp³-hybridized carbons (Fsp3) is 0.320. The van der Waals surface area contributed by atoms with Gasteiger partial charge in [0.15, 0.2) is 0 Å². The highest BCUT2D eigenvalue weighted by atomic mass is 35.5. The second-order valence-electron chi connectivity index (χ2n) is 8.66. The molecule has 7 nitrogen and oxygen atoms in total. The number of carbonyl (C=O) groups is 1. The molecule has 2 aliphatic heterocycles. The average Bonchev–Trinajstić information content (AvgIpc) is 3.36. The van der Waals surface area contributed by atoms with Crippen LogP contribution in [-0.2, 0) is 17.6 Å². The minimum atomic E-state index is -0.377. The predicted molar refractivity (Wildman–Crippen MR) is 136 cm³/mol. The Morgan fingerprint density at radius 1 is 1.15 bits per heavy atom. The third kappa shape index (κ3) is 4.48. The van der Waals surface area contributed by atoms with Gasteiger partial charge in [-0.2, -0.15) is 0 Å². The van der Waals surface area contributed by atoms with Gasteiger partial charge in [-0.15, -0.1) is 11.3 Å². The van der Waals surface area contributed by atoms with Crippen molar-refractivity contribution in [3.8, 4) is 0 Å². The first-order valence-electron chi connectivity index (χ1n) is 11.3. The molecule has 1 N–H and O–H groups in total. The van der Waals surface area contributed by atoms with Crippen LogP contribution < -0.4 is 15.1 Å². The zero-order valence-corrected chi connectivity index (χ0v) is 20.1. The summed E-state index contributed by atoms with van der Waals surface area (Å²) in [4.78, 5) is 30.1. The van der Waals surface area contributed by atoms with E-state index in [4.69, 9.17) is 11.6 Å². The van der Waals surface area contributed by atoms with E-state index in [0.29, 0.717) is 31.1 Å². The number of hydrogen-bond donors (Lipinski definition) is 1. The number of benzene rings is 2. The molecule has 1 fully saturated rings. The Kier molecular flexibility index (Phi) is 6.43. The Labute approximate surface area is 207 Å². The highest BCUT2D eigenvalue weighted by molar-refractivity contribution is 7.09. The molecule has 5 rings (SSSR count). The van der Waals surface area contributed by atoms with E-state index in [1.807, 2.05) is 41.8 Å². The maximum absolute atomic E-state index is 13.4. The van der Waals surface area contributed by atoms with E-state index in [1.54, 1.807) is 23.5 Å². The third-order valence-electron chi connectivity index (χ3n) is 6.69. The topological polar surface area (TPSA) is 78.7 Å². The van der Waals surface area contributed by atoms with Crippen LogP contribution in [0.4, 0.5) is 17.1 Å². The molecule has 176 valence electrons. The lowest BCUT2D eigenvalue weighted by molar-refractivity contribution is -0.384. The van der Waals surface area contributed by atoms with Crippen molar-refractivity contribution in [1.29, 1.82) is 0 Å². The number of nitrogens with zero attached hydrogens (tertiary/aromatic N) is 3. The molecule has 2 atom stereocenters. The van der Waals surface area contributed by atoms with Gasteiger partial charge in [-0.3, -0.25) is 14.9 Å². The first-order chi connectivity index (χ1) is 16.5. The van der Waals surface area contributed by atoms with Crippen LogP contribution in [0, 0.1) is 16.0 Å². The number of carbonyl (C=O) groups excluding carboxylic acids is 1. The van der Waals surface area contributed by atoms with E-state index >= 15 is 0 Å². The second kappa shape index (κ2) is 9.64. The van der Waals surface area contributed by atoms with Gasteiger partial charge in [0.05, 0.1) is 27.6 Å². The summed E-state index contributed by atoms with van der Waals surface area (Å²) in [5.41, 5.74) is 2.87. The molecule has 2 aliphatic rings. The summed E-state index contributed by atoms with van der Waals surface area (Å²) in [5.74, 6) is -0.326. The van der Waals surface area contributed by atoms with Gasteiger partial charge in [0.25, 0.3) is 5.69 Å². The summed E-state index contributed by atoms with van der Waals surface area (Å²) in [6.07, 6.45) is 1.26. The van der Waals surface area contributed by atoms with Gasteiger partial charge in [0.2, 0.25) is 5.91 Å². The van der Waals surface area contributed by atoms with Gasteiger partial charge < -0.3 is 15.1 Å². The number of amides is 1. The van der Waals surface area contributed by atoms with Crippen molar-refractivity contribution in [2.24, 2.45) is 5.92 Å². The Morgan fingerprint density at radius 3 is 2.76 bits per heavy atom. The number of non-ortho nitro benzene ring substituents is 1. The Morgan fingerprint density at radius 2 is 2.00 bits per heavy atom. The average molecular weight is 497 g/mol. The monoisotopic (exact) mass is 496 g/mol. The summed E-state index contributed by atoms with van der Waals surface area (Å²) in [7, 11) is 0. The van der Waals surface area contributed by atoms with Gasteiger partial charge in [0.1, 0.15) is 0 Å². The predicted octanol–water partition coefficient (Wildman–Crippen LogP) is 4.54. The Bertz CT molecular complexity index is 1200. The molecule has 0 radical (unpaired) electrons. The molecule has 34 heavy (non-hydrogen) atoms. The first-order valence-corrected chi connectivity index (χ1v) is 12.6. The zero-order valence-electron chi connectivity index (χ0n) is 18.5. The van der Waals surface area contributed by atoms with E-state index in [2.05, 4.69) is 21.2 Å². The lowest BCUT2D eigenvalue weighted by Crippen LogP contribution is -2.61. The number of nitro groups is 1. The number of nitrogens with one attached hydrogen (secondary N) is 1. The Balaban J connectivity index is 1.41. The van der Waals surface area contributed by atoms with Crippen LogP contribution in [0.1, 0.15) is 10.4 Å². The molecule has 9 heteroatoms. The number of piperazine rings is 1.